The number of rotatable bonds is 9. The minimum absolute atomic E-state index is 0.0874. The summed E-state index contributed by atoms with van der Waals surface area (Å²) in [5, 5.41) is 5.85. The predicted octanol–water partition coefficient (Wildman–Crippen LogP) is 2.22. The zero-order valence-corrected chi connectivity index (χ0v) is 19.8. The molecule has 0 spiro atoms. The molecule has 0 aromatic heterocycles. The Morgan fingerprint density at radius 1 is 1.03 bits per heavy atom. The number of hydrogen-bond acceptors (Lipinski definition) is 6. The highest BCUT2D eigenvalue weighted by atomic mass is 16.7. The van der Waals surface area contributed by atoms with Gasteiger partial charge in [-0.05, 0) is 55.5 Å². The molecule has 3 amide bonds. The maximum Gasteiger partial charge on any atom is 0.253 e. The highest BCUT2D eigenvalue weighted by Crippen LogP contribution is 2.33. The molecule has 9 nitrogen and oxygen atoms in total. The van der Waals surface area contributed by atoms with Crippen molar-refractivity contribution in [3.05, 3.63) is 59.7 Å². The lowest BCUT2D eigenvalue weighted by Gasteiger charge is -2.36. The predicted molar refractivity (Wildman–Crippen MR) is 128 cm³/mol. The zero-order chi connectivity index (χ0) is 24.6. The van der Waals surface area contributed by atoms with E-state index in [2.05, 4.69) is 10.6 Å². The molecule has 1 unspecified atom stereocenters. The Labute approximate surface area is 204 Å². The molecule has 35 heavy (non-hydrogen) atoms. The molecule has 2 aromatic carbocycles. The lowest BCUT2D eigenvalue weighted by molar-refractivity contribution is -0.124. The molecule has 1 fully saturated rings. The first-order valence-corrected chi connectivity index (χ1v) is 11.9. The minimum atomic E-state index is -0.687. The largest absolute Gasteiger partial charge is 0.454 e. The van der Waals surface area contributed by atoms with Gasteiger partial charge in [0.1, 0.15) is 6.04 Å². The van der Waals surface area contributed by atoms with E-state index in [4.69, 9.17) is 14.2 Å². The quantitative estimate of drug-likeness (QED) is 0.532. The van der Waals surface area contributed by atoms with Crippen molar-refractivity contribution in [1.29, 1.82) is 0 Å². The summed E-state index contributed by atoms with van der Waals surface area (Å²) < 4.78 is 15.8. The highest BCUT2D eigenvalue weighted by Gasteiger charge is 2.34. The molecule has 2 aromatic rings. The molecule has 9 heteroatoms. The van der Waals surface area contributed by atoms with Gasteiger partial charge in [-0.15, -0.1) is 0 Å². The standard InChI is InChI=1S/C26H31N3O6/c1-33-15-5-12-27-25(31)23(28-24(30)19-6-3-2-4-7-19)18-10-13-29(14-11-18)26(32)20-8-9-21-22(16-20)35-17-34-21/h2-4,6-9,16,18,23H,5,10-15,17H2,1H3,(H,27,31)(H,28,30). The second-order valence-electron chi connectivity index (χ2n) is 8.65. The van der Waals surface area contributed by atoms with Gasteiger partial charge in [-0.3, -0.25) is 14.4 Å². The van der Waals surface area contributed by atoms with Gasteiger partial charge in [0.2, 0.25) is 12.7 Å². The van der Waals surface area contributed by atoms with Crippen molar-refractivity contribution < 1.29 is 28.6 Å². The zero-order valence-electron chi connectivity index (χ0n) is 19.8. The average molecular weight is 482 g/mol. The van der Waals surface area contributed by atoms with Gasteiger partial charge >= 0.3 is 0 Å². The highest BCUT2D eigenvalue weighted by molar-refractivity contribution is 5.98. The Morgan fingerprint density at radius 2 is 1.77 bits per heavy atom. The number of carbonyl (C=O) groups is 3. The van der Waals surface area contributed by atoms with E-state index in [1.165, 1.54) is 0 Å². The monoisotopic (exact) mass is 481 g/mol. The van der Waals surface area contributed by atoms with E-state index in [9.17, 15) is 14.4 Å². The van der Waals surface area contributed by atoms with Crippen LogP contribution in [0.5, 0.6) is 11.5 Å². The van der Waals surface area contributed by atoms with Crippen LogP contribution in [0.1, 0.15) is 40.0 Å². The molecular weight excluding hydrogens is 450 g/mol. The number of hydrogen-bond donors (Lipinski definition) is 2. The first-order chi connectivity index (χ1) is 17.1. The van der Waals surface area contributed by atoms with E-state index in [0.29, 0.717) is 68.1 Å². The van der Waals surface area contributed by atoms with Gasteiger partial charge in [-0.1, -0.05) is 18.2 Å². The Morgan fingerprint density at radius 3 is 2.51 bits per heavy atom. The molecule has 4 rings (SSSR count). The van der Waals surface area contributed by atoms with Gasteiger partial charge < -0.3 is 29.7 Å². The normalized spacial score (nSPS) is 16.0. The molecule has 0 bridgehead atoms. The number of nitrogens with zero attached hydrogens (tertiary/aromatic N) is 1. The number of methoxy groups -OCH3 is 1. The van der Waals surface area contributed by atoms with Gasteiger partial charge in [0.25, 0.3) is 11.8 Å². The summed E-state index contributed by atoms with van der Waals surface area (Å²) in [5.41, 5.74) is 1.04. The van der Waals surface area contributed by atoms with Crippen molar-refractivity contribution in [2.75, 3.05) is 40.1 Å². The number of benzene rings is 2. The van der Waals surface area contributed by atoms with Crippen LogP contribution < -0.4 is 20.1 Å². The fraction of sp³-hybridized carbons (Fsp3) is 0.423. The first kappa shape index (κ1) is 24.5. The molecule has 2 N–H and O–H groups in total. The van der Waals surface area contributed by atoms with Crippen LogP contribution in [0, 0.1) is 5.92 Å². The topological polar surface area (TPSA) is 106 Å². The first-order valence-electron chi connectivity index (χ1n) is 11.9. The van der Waals surface area contributed by atoms with Crippen LogP contribution in [0.25, 0.3) is 0 Å². The summed E-state index contributed by atoms with van der Waals surface area (Å²) in [6.45, 7) is 2.15. The van der Waals surface area contributed by atoms with E-state index in [1.54, 1.807) is 54.5 Å². The molecule has 2 aliphatic rings. The molecule has 0 radical (unpaired) electrons. The Hall–Kier alpha value is -3.59. The summed E-state index contributed by atoms with van der Waals surface area (Å²) in [6.07, 6.45) is 1.88. The summed E-state index contributed by atoms with van der Waals surface area (Å²) in [5.74, 6) is 0.516. The third kappa shape index (κ3) is 6.10. The fourth-order valence-electron chi connectivity index (χ4n) is 4.40. The number of likely N-dealkylation sites (tertiary alicyclic amines) is 1. The van der Waals surface area contributed by atoms with Crippen molar-refractivity contribution in [3.8, 4) is 11.5 Å². The third-order valence-electron chi connectivity index (χ3n) is 6.35. The maximum atomic E-state index is 13.0. The molecule has 1 atom stereocenters. The van der Waals surface area contributed by atoms with Gasteiger partial charge in [0.05, 0.1) is 0 Å². The Balaban J connectivity index is 1.39. The average Bonchev–Trinajstić information content (AvgIpc) is 3.38. The van der Waals surface area contributed by atoms with E-state index < -0.39 is 6.04 Å². The van der Waals surface area contributed by atoms with Crippen LogP contribution in [0.2, 0.25) is 0 Å². The van der Waals surface area contributed by atoms with E-state index in [0.717, 1.165) is 0 Å². The molecule has 1 saturated heterocycles. The second-order valence-corrected chi connectivity index (χ2v) is 8.65. The van der Waals surface area contributed by atoms with E-state index >= 15 is 0 Å². The molecular formula is C26H31N3O6. The number of piperidine rings is 1. The van der Waals surface area contributed by atoms with Gasteiger partial charge in [-0.25, -0.2) is 0 Å². The SMILES string of the molecule is COCCCNC(=O)C(NC(=O)c1ccccc1)C1CCN(C(=O)c2ccc3c(c2)OCO3)CC1. The Kier molecular flexibility index (Phi) is 8.20. The number of amides is 3. The van der Waals surface area contributed by atoms with Crippen molar-refractivity contribution in [2.45, 2.75) is 25.3 Å². The second kappa shape index (κ2) is 11.7. The maximum absolute atomic E-state index is 13.0. The summed E-state index contributed by atoms with van der Waals surface area (Å²) in [4.78, 5) is 40.7. The van der Waals surface area contributed by atoms with Crippen LogP contribution in [-0.4, -0.2) is 68.8 Å². The molecule has 0 aliphatic carbocycles. The lowest BCUT2D eigenvalue weighted by Crippen LogP contribution is -2.54. The van der Waals surface area contributed by atoms with Crippen molar-refractivity contribution in [3.63, 3.8) is 0 Å². The number of ether oxygens (including phenoxy) is 3. The molecule has 2 heterocycles. The number of carbonyl (C=O) groups excluding carboxylic acids is 3. The van der Waals surface area contributed by atoms with Crippen molar-refractivity contribution in [1.82, 2.24) is 15.5 Å². The Bertz CT molecular complexity index is 1040. The van der Waals surface area contributed by atoms with Crippen molar-refractivity contribution >= 4 is 17.7 Å². The van der Waals surface area contributed by atoms with Crippen LogP contribution in [0.4, 0.5) is 0 Å². The third-order valence-corrected chi connectivity index (χ3v) is 6.35. The van der Waals surface area contributed by atoms with Crippen LogP contribution in [0.3, 0.4) is 0 Å². The fourth-order valence-corrected chi connectivity index (χ4v) is 4.40. The summed E-state index contributed by atoms with van der Waals surface area (Å²) in [7, 11) is 1.61. The lowest BCUT2D eigenvalue weighted by atomic mass is 9.88. The van der Waals surface area contributed by atoms with E-state index in [1.807, 2.05) is 6.07 Å². The molecule has 186 valence electrons. The van der Waals surface area contributed by atoms with Gasteiger partial charge in [-0.2, -0.15) is 0 Å². The van der Waals surface area contributed by atoms with Gasteiger partial charge in [0.15, 0.2) is 11.5 Å². The minimum Gasteiger partial charge on any atom is -0.454 e. The van der Waals surface area contributed by atoms with Crippen LogP contribution in [0.15, 0.2) is 48.5 Å². The summed E-state index contributed by atoms with van der Waals surface area (Å²) >= 11 is 0. The smallest absolute Gasteiger partial charge is 0.253 e. The van der Waals surface area contributed by atoms with Crippen LogP contribution >= 0.6 is 0 Å². The van der Waals surface area contributed by atoms with E-state index in [-0.39, 0.29) is 30.4 Å². The number of fused-ring (bicyclic) bond motifs is 1. The van der Waals surface area contributed by atoms with Crippen LogP contribution in [-0.2, 0) is 9.53 Å². The molecule has 2 aliphatic heterocycles. The van der Waals surface area contributed by atoms with Crippen molar-refractivity contribution in [2.24, 2.45) is 5.92 Å². The summed E-state index contributed by atoms with van der Waals surface area (Å²) in [6, 6.07) is 13.3. The molecule has 0 saturated carbocycles. The van der Waals surface area contributed by atoms with Gasteiger partial charge in [0, 0.05) is 44.5 Å². The number of nitrogens with one attached hydrogen (secondary N) is 2.